The number of aromatic nitrogens is 2. The van der Waals surface area contributed by atoms with Gasteiger partial charge in [-0.15, -0.1) is 11.8 Å². The summed E-state index contributed by atoms with van der Waals surface area (Å²) in [6.07, 6.45) is 3.67. The van der Waals surface area contributed by atoms with E-state index in [1.165, 1.54) is 16.7 Å². The second kappa shape index (κ2) is 10.7. The molecule has 1 aromatic heterocycles. The second-order valence-electron chi connectivity index (χ2n) is 6.92. The fourth-order valence-corrected chi connectivity index (χ4v) is 4.55. The molecule has 0 aliphatic heterocycles. The third-order valence-electron chi connectivity index (χ3n) is 4.76. The first kappa shape index (κ1) is 22.5. The summed E-state index contributed by atoms with van der Waals surface area (Å²) in [6.45, 7) is 0.578. The van der Waals surface area contributed by atoms with Crippen molar-refractivity contribution in [3.63, 3.8) is 0 Å². The van der Waals surface area contributed by atoms with Crippen LogP contribution in [0.25, 0.3) is 11.0 Å². The number of carbonyl (C=O) groups is 1. The first-order valence-electron chi connectivity index (χ1n) is 9.91. The Bertz CT molecular complexity index is 1250. The number of halogens is 1. The van der Waals surface area contributed by atoms with Gasteiger partial charge in [0.05, 0.1) is 29.5 Å². The third kappa shape index (κ3) is 5.54. The number of carbonyl (C=O) groups excluding carboxylic acids is 1. The number of imidazole rings is 1. The van der Waals surface area contributed by atoms with E-state index in [-0.39, 0.29) is 11.7 Å². The summed E-state index contributed by atoms with van der Waals surface area (Å²) < 4.78 is 2.09. The Morgan fingerprint density at radius 2 is 1.84 bits per heavy atom. The molecule has 1 amide bonds. The van der Waals surface area contributed by atoms with E-state index in [2.05, 4.69) is 15.1 Å². The Morgan fingerprint density at radius 3 is 2.62 bits per heavy atom. The minimum absolute atomic E-state index is 0.191. The van der Waals surface area contributed by atoms with Crippen molar-refractivity contribution in [3.05, 3.63) is 88.9 Å². The Morgan fingerprint density at radius 1 is 1.09 bits per heavy atom. The molecule has 8 heteroatoms. The molecule has 0 aliphatic rings. The molecular weight excluding hydrogens is 460 g/mol. The largest absolute Gasteiger partial charge is 0.314 e. The van der Waals surface area contributed by atoms with Gasteiger partial charge >= 0.3 is 0 Å². The van der Waals surface area contributed by atoms with Crippen molar-refractivity contribution in [2.75, 3.05) is 12.0 Å². The molecule has 0 fully saturated rings. The normalized spacial score (nSPS) is 11.3. The fourth-order valence-electron chi connectivity index (χ4n) is 3.14. The Balaban J connectivity index is 1.43. The lowest BCUT2D eigenvalue weighted by Crippen LogP contribution is -2.20. The second-order valence-corrected chi connectivity index (χ2v) is 9.15. The van der Waals surface area contributed by atoms with Crippen molar-refractivity contribution in [1.82, 2.24) is 15.0 Å². The van der Waals surface area contributed by atoms with Crippen molar-refractivity contribution in [3.8, 4) is 0 Å². The predicted molar refractivity (Wildman–Crippen MR) is 135 cm³/mol. The molecule has 0 atom stereocenters. The van der Waals surface area contributed by atoms with Crippen LogP contribution in [0.1, 0.15) is 11.1 Å². The zero-order chi connectivity index (χ0) is 22.3. The van der Waals surface area contributed by atoms with Crippen LogP contribution < -0.4 is 5.43 Å². The Kier molecular flexibility index (Phi) is 7.52. The molecule has 0 radical (unpaired) electrons. The van der Waals surface area contributed by atoms with Crippen molar-refractivity contribution < 1.29 is 4.79 Å². The van der Waals surface area contributed by atoms with Crippen LogP contribution in [-0.2, 0) is 11.3 Å². The summed E-state index contributed by atoms with van der Waals surface area (Å²) >= 11 is 9.43. The predicted octanol–water partition coefficient (Wildman–Crippen LogP) is 5.70. The number of thioether (sulfide) groups is 2. The lowest BCUT2D eigenvalue weighted by Gasteiger charge is -2.10. The molecule has 4 aromatic rings. The summed E-state index contributed by atoms with van der Waals surface area (Å²) in [4.78, 5) is 18.2. The quantitative estimate of drug-likeness (QED) is 0.199. The van der Waals surface area contributed by atoms with E-state index in [9.17, 15) is 4.79 Å². The first-order valence-corrected chi connectivity index (χ1v) is 12.5. The highest BCUT2D eigenvalue weighted by molar-refractivity contribution is 7.99. The number of nitrogens with zero attached hydrogens (tertiary/aromatic N) is 3. The standard InChI is InChI=1S/C24H21ClN4OS2/c1-31-19-12-10-17(11-13-19)14-26-28-23(30)16-32-24-27-21-8-4-5-9-22(21)29(24)15-18-6-2-3-7-20(18)25/h2-14H,15-16H2,1H3,(H,28,30)/b26-14+. The molecular formula is C24H21ClN4OS2. The molecule has 1 N–H and O–H groups in total. The van der Waals surface area contributed by atoms with Gasteiger partial charge in [0.25, 0.3) is 5.91 Å². The Hall–Kier alpha value is -2.74. The number of amides is 1. The van der Waals surface area contributed by atoms with Crippen LogP contribution in [0.3, 0.4) is 0 Å². The van der Waals surface area contributed by atoms with E-state index in [4.69, 9.17) is 16.6 Å². The molecule has 1 heterocycles. The molecule has 0 saturated heterocycles. The third-order valence-corrected chi connectivity index (χ3v) is 6.85. The topological polar surface area (TPSA) is 59.3 Å². The van der Waals surface area contributed by atoms with Crippen LogP contribution in [0.15, 0.2) is 87.9 Å². The van der Waals surface area contributed by atoms with E-state index < -0.39 is 0 Å². The monoisotopic (exact) mass is 480 g/mol. The minimum atomic E-state index is -0.191. The first-order chi connectivity index (χ1) is 15.6. The maximum absolute atomic E-state index is 12.3. The lowest BCUT2D eigenvalue weighted by molar-refractivity contribution is -0.118. The van der Waals surface area contributed by atoms with Crippen LogP contribution in [0.2, 0.25) is 5.02 Å². The molecule has 5 nitrogen and oxygen atoms in total. The van der Waals surface area contributed by atoms with E-state index >= 15 is 0 Å². The average Bonchev–Trinajstić information content (AvgIpc) is 3.17. The van der Waals surface area contributed by atoms with Gasteiger partial charge in [-0.1, -0.05) is 65.8 Å². The number of benzene rings is 3. The number of nitrogens with one attached hydrogen (secondary N) is 1. The van der Waals surface area contributed by atoms with Gasteiger partial charge < -0.3 is 4.57 Å². The lowest BCUT2D eigenvalue weighted by atomic mass is 10.2. The summed E-state index contributed by atoms with van der Waals surface area (Å²) in [7, 11) is 0. The zero-order valence-corrected chi connectivity index (χ0v) is 19.8. The van der Waals surface area contributed by atoms with Crippen molar-refractivity contribution in [1.29, 1.82) is 0 Å². The Labute approximate surface area is 200 Å². The van der Waals surface area contributed by atoms with Gasteiger partial charge in [0.1, 0.15) is 0 Å². The highest BCUT2D eigenvalue weighted by Crippen LogP contribution is 2.27. The van der Waals surface area contributed by atoms with Crippen molar-refractivity contribution in [2.24, 2.45) is 5.10 Å². The van der Waals surface area contributed by atoms with Gasteiger partial charge in [-0.2, -0.15) is 5.10 Å². The SMILES string of the molecule is CSc1ccc(/C=N/NC(=O)CSc2nc3ccccc3n2Cc2ccccc2Cl)cc1. The number of rotatable bonds is 8. The van der Waals surface area contributed by atoms with Gasteiger partial charge in [0, 0.05) is 9.92 Å². The smallest absolute Gasteiger partial charge is 0.250 e. The van der Waals surface area contributed by atoms with E-state index in [0.717, 1.165) is 27.3 Å². The highest BCUT2D eigenvalue weighted by Gasteiger charge is 2.14. The van der Waals surface area contributed by atoms with Crippen LogP contribution in [-0.4, -0.2) is 33.7 Å². The van der Waals surface area contributed by atoms with Crippen molar-refractivity contribution in [2.45, 2.75) is 16.6 Å². The van der Waals surface area contributed by atoms with Gasteiger partial charge in [0.15, 0.2) is 5.16 Å². The fraction of sp³-hybridized carbons (Fsp3) is 0.125. The van der Waals surface area contributed by atoms with Gasteiger partial charge in [-0.25, -0.2) is 10.4 Å². The van der Waals surface area contributed by atoms with Crippen molar-refractivity contribution >= 4 is 58.3 Å². The number of hydrazone groups is 1. The molecule has 32 heavy (non-hydrogen) atoms. The maximum atomic E-state index is 12.3. The van der Waals surface area contributed by atoms with Crippen LogP contribution in [0.4, 0.5) is 0 Å². The number of hydrogen-bond donors (Lipinski definition) is 1. The summed E-state index contributed by atoms with van der Waals surface area (Å²) in [6, 6.07) is 23.7. The van der Waals surface area contributed by atoms with Gasteiger partial charge in [-0.05, 0) is 47.7 Å². The van der Waals surface area contributed by atoms with E-state index in [1.807, 2.05) is 79.1 Å². The summed E-state index contributed by atoms with van der Waals surface area (Å²) in [5.41, 5.74) is 6.40. The number of hydrogen-bond acceptors (Lipinski definition) is 5. The molecule has 0 bridgehead atoms. The van der Waals surface area contributed by atoms with Crippen LogP contribution in [0, 0.1) is 0 Å². The zero-order valence-electron chi connectivity index (χ0n) is 17.4. The minimum Gasteiger partial charge on any atom is -0.314 e. The van der Waals surface area contributed by atoms with Gasteiger partial charge in [0.2, 0.25) is 0 Å². The number of para-hydroxylation sites is 2. The van der Waals surface area contributed by atoms with Crippen LogP contribution >= 0.6 is 35.1 Å². The molecule has 0 saturated carbocycles. The molecule has 0 spiro atoms. The van der Waals surface area contributed by atoms with Gasteiger partial charge in [-0.3, -0.25) is 4.79 Å². The van der Waals surface area contributed by atoms with E-state index in [1.54, 1.807) is 18.0 Å². The molecule has 162 valence electrons. The highest BCUT2D eigenvalue weighted by atomic mass is 35.5. The number of fused-ring (bicyclic) bond motifs is 1. The molecule has 0 unspecified atom stereocenters. The summed E-state index contributed by atoms with van der Waals surface area (Å²) in [5, 5.41) is 5.53. The molecule has 0 aliphatic carbocycles. The average molecular weight is 481 g/mol. The maximum Gasteiger partial charge on any atom is 0.250 e. The van der Waals surface area contributed by atoms with E-state index in [0.29, 0.717) is 11.6 Å². The summed E-state index contributed by atoms with van der Waals surface area (Å²) in [5.74, 6) is 0.0116. The molecule has 4 rings (SSSR count). The van der Waals surface area contributed by atoms with Crippen LogP contribution in [0.5, 0.6) is 0 Å². The molecule has 3 aromatic carbocycles.